The summed E-state index contributed by atoms with van der Waals surface area (Å²) >= 11 is 0. The van der Waals surface area contributed by atoms with Crippen LogP contribution < -0.4 is 5.32 Å². The van der Waals surface area contributed by atoms with Crippen molar-refractivity contribution in [2.24, 2.45) is 0 Å². The third kappa shape index (κ3) is 5.75. The van der Waals surface area contributed by atoms with Crippen LogP contribution in [0, 0.1) is 0 Å². The first kappa shape index (κ1) is 15.5. The smallest absolute Gasteiger partial charge is 0.407 e. The van der Waals surface area contributed by atoms with Crippen molar-refractivity contribution in [1.82, 2.24) is 10.2 Å². The lowest BCUT2D eigenvalue weighted by Crippen LogP contribution is -2.35. The first-order chi connectivity index (χ1) is 9.17. The molecule has 1 N–H and O–H groups in total. The minimum Gasteiger partial charge on any atom is -0.442 e. The molecule has 106 valence electrons. The fourth-order valence-electron chi connectivity index (χ4n) is 1.85. The van der Waals surface area contributed by atoms with Gasteiger partial charge < -0.3 is 15.0 Å². The Labute approximate surface area is 115 Å². The van der Waals surface area contributed by atoms with E-state index in [0.717, 1.165) is 25.2 Å². The monoisotopic (exact) mass is 264 g/mol. The number of hydrogen-bond acceptors (Lipinski definition) is 3. The molecule has 0 heterocycles. The Morgan fingerprint density at radius 1 is 1.26 bits per heavy atom. The summed E-state index contributed by atoms with van der Waals surface area (Å²) in [6, 6.07) is 9.73. The predicted octanol–water partition coefficient (Wildman–Crippen LogP) is 2.82. The van der Waals surface area contributed by atoms with E-state index in [-0.39, 0.29) is 12.2 Å². The minimum absolute atomic E-state index is 0.227. The fraction of sp³-hybridized carbons (Fsp3) is 0.533. The van der Waals surface area contributed by atoms with Gasteiger partial charge in [0, 0.05) is 13.1 Å². The highest BCUT2D eigenvalue weighted by Gasteiger charge is 2.10. The zero-order valence-electron chi connectivity index (χ0n) is 12.1. The molecule has 0 bridgehead atoms. The van der Waals surface area contributed by atoms with Gasteiger partial charge in [-0.25, -0.2) is 4.79 Å². The predicted molar refractivity (Wildman–Crippen MR) is 77.1 cm³/mol. The number of likely N-dealkylation sites (N-methyl/N-ethyl adjacent to an activating group) is 1. The zero-order valence-corrected chi connectivity index (χ0v) is 12.1. The van der Waals surface area contributed by atoms with Crippen molar-refractivity contribution in [3.05, 3.63) is 35.9 Å². The summed E-state index contributed by atoms with van der Waals surface area (Å²) in [6.45, 7) is 9.54. The topological polar surface area (TPSA) is 41.6 Å². The summed E-state index contributed by atoms with van der Waals surface area (Å²) in [5, 5.41) is 2.78. The summed E-state index contributed by atoms with van der Waals surface area (Å²) in [4.78, 5) is 13.9. The molecule has 1 rings (SSSR count). The summed E-state index contributed by atoms with van der Waals surface area (Å²) in [7, 11) is 0. The Hall–Kier alpha value is -1.55. The molecule has 0 aromatic heterocycles. The molecule has 0 radical (unpaired) electrons. The van der Waals surface area contributed by atoms with Crippen LogP contribution in [0.3, 0.4) is 0 Å². The fourth-order valence-corrected chi connectivity index (χ4v) is 1.85. The van der Waals surface area contributed by atoms with Gasteiger partial charge in [-0.3, -0.25) is 0 Å². The molecule has 1 aromatic rings. The second kappa shape index (κ2) is 8.53. The number of nitrogens with one attached hydrogen (secondary N) is 1. The maximum Gasteiger partial charge on any atom is 0.407 e. The molecule has 4 heteroatoms. The van der Waals surface area contributed by atoms with Crippen molar-refractivity contribution >= 4 is 6.09 Å². The van der Waals surface area contributed by atoms with Gasteiger partial charge in [-0.2, -0.15) is 0 Å². The lowest BCUT2D eigenvalue weighted by Gasteiger charge is -2.19. The number of benzene rings is 1. The van der Waals surface area contributed by atoms with Gasteiger partial charge in [0.15, 0.2) is 0 Å². The first-order valence-electron chi connectivity index (χ1n) is 6.89. The number of alkyl carbamates (subject to hydrolysis) is 1. The van der Waals surface area contributed by atoms with Crippen LogP contribution in [-0.2, 0) is 4.74 Å². The highest BCUT2D eigenvalue weighted by atomic mass is 16.6. The SMILES string of the molecule is CCN(CC)CCNC(=O)OC(C)c1ccccc1. The van der Waals surface area contributed by atoms with Gasteiger partial charge in [-0.05, 0) is 25.6 Å². The average Bonchev–Trinajstić information content (AvgIpc) is 2.44. The van der Waals surface area contributed by atoms with E-state index in [9.17, 15) is 4.79 Å². The highest BCUT2D eigenvalue weighted by Crippen LogP contribution is 2.15. The standard InChI is InChI=1S/C15H24N2O2/c1-4-17(5-2)12-11-16-15(18)19-13(3)14-9-7-6-8-10-14/h6-10,13H,4-5,11-12H2,1-3H3,(H,16,18). The Morgan fingerprint density at radius 3 is 2.47 bits per heavy atom. The van der Waals surface area contributed by atoms with E-state index < -0.39 is 0 Å². The Balaban J connectivity index is 2.28. The minimum atomic E-state index is -0.358. The average molecular weight is 264 g/mol. The van der Waals surface area contributed by atoms with Crippen LogP contribution in [0.5, 0.6) is 0 Å². The number of carbonyl (C=O) groups excluding carboxylic acids is 1. The van der Waals surface area contributed by atoms with E-state index >= 15 is 0 Å². The number of hydrogen-bond donors (Lipinski definition) is 1. The van der Waals surface area contributed by atoms with Crippen molar-refractivity contribution in [2.75, 3.05) is 26.2 Å². The summed E-state index contributed by atoms with van der Waals surface area (Å²) in [5.41, 5.74) is 1.00. The summed E-state index contributed by atoms with van der Waals surface area (Å²) in [6.07, 6.45) is -0.585. The normalized spacial score (nSPS) is 12.2. The quantitative estimate of drug-likeness (QED) is 0.823. The van der Waals surface area contributed by atoms with Crippen LogP contribution in [0.1, 0.15) is 32.4 Å². The maximum absolute atomic E-state index is 11.6. The van der Waals surface area contributed by atoms with Crippen molar-refractivity contribution in [2.45, 2.75) is 26.9 Å². The molecule has 0 fully saturated rings. The van der Waals surface area contributed by atoms with Gasteiger partial charge in [0.25, 0.3) is 0 Å². The van der Waals surface area contributed by atoms with E-state index in [4.69, 9.17) is 4.74 Å². The number of amides is 1. The van der Waals surface area contributed by atoms with E-state index in [0.29, 0.717) is 6.54 Å². The molecular formula is C15H24N2O2. The van der Waals surface area contributed by atoms with Crippen LogP contribution in [0.25, 0.3) is 0 Å². The molecule has 1 atom stereocenters. The van der Waals surface area contributed by atoms with Crippen molar-refractivity contribution < 1.29 is 9.53 Å². The summed E-state index contributed by atoms with van der Waals surface area (Å²) < 4.78 is 5.32. The molecule has 0 saturated carbocycles. The van der Waals surface area contributed by atoms with Gasteiger partial charge in [-0.15, -0.1) is 0 Å². The van der Waals surface area contributed by atoms with Gasteiger partial charge >= 0.3 is 6.09 Å². The van der Waals surface area contributed by atoms with Crippen LogP contribution in [0.15, 0.2) is 30.3 Å². The van der Waals surface area contributed by atoms with Crippen molar-refractivity contribution in [3.63, 3.8) is 0 Å². The van der Waals surface area contributed by atoms with Crippen LogP contribution in [-0.4, -0.2) is 37.2 Å². The third-order valence-corrected chi connectivity index (χ3v) is 3.14. The zero-order chi connectivity index (χ0) is 14.1. The summed E-state index contributed by atoms with van der Waals surface area (Å²) in [5.74, 6) is 0. The highest BCUT2D eigenvalue weighted by molar-refractivity contribution is 5.67. The molecule has 1 aromatic carbocycles. The molecule has 0 spiro atoms. The van der Waals surface area contributed by atoms with Crippen molar-refractivity contribution in [1.29, 1.82) is 0 Å². The largest absolute Gasteiger partial charge is 0.442 e. The second-order valence-corrected chi connectivity index (χ2v) is 4.41. The molecule has 19 heavy (non-hydrogen) atoms. The second-order valence-electron chi connectivity index (χ2n) is 4.41. The van der Waals surface area contributed by atoms with E-state index in [1.54, 1.807) is 0 Å². The van der Waals surface area contributed by atoms with Crippen LogP contribution in [0.4, 0.5) is 4.79 Å². The van der Waals surface area contributed by atoms with Gasteiger partial charge in [-0.1, -0.05) is 44.2 Å². The van der Waals surface area contributed by atoms with Gasteiger partial charge in [0.05, 0.1) is 0 Å². The lowest BCUT2D eigenvalue weighted by molar-refractivity contribution is 0.106. The number of nitrogens with zero attached hydrogens (tertiary/aromatic N) is 1. The molecule has 4 nitrogen and oxygen atoms in total. The van der Waals surface area contributed by atoms with E-state index in [2.05, 4.69) is 24.1 Å². The number of rotatable bonds is 7. The Bertz CT molecular complexity index is 364. The molecule has 0 aliphatic rings. The first-order valence-corrected chi connectivity index (χ1v) is 6.89. The molecule has 1 amide bonds. The Morgan fingerprint density at radius 2 is 1.89 bits per heavy atom. The van der Waals surface area contributed by atoms with Gasteiger partial charge in [0.2, 0.25) is 0 Å². The number of ether oxygens (including phenoxy) is 1. The number of carbonyl (C=O) groups is 1. The Kier molecular flexibility index (Phi) is 6.97. The molecule has 0 saturated heterocycles. The van der Waals surface area contributed by atoms with E-state index in [1.807, 2.05) is 37.3 Å². The molecular weight excluding hydrogens is 240 g/mol. The van der Waals surface area contributed by atoms with Crippen LogP contribution >= 0.6 is 0 Å². The van der Waals surface area contributed by atoms with Gasteiger partial charge in [0.1, 0.15) is 6.10 Å². The molecule has 0 aliphatic carbocycles. The lowest BCUT2D eigenvalue weighted by atomic mass is 10.1. The van der Waals surface area contributed by atoms with Crippen molar-refractivity contribution in [3.8, 4) is 0 Å². The van der Waals surface area contributed by atoms with Crippen LogP contribution in [0.2, 0.25) is 0 Å². The maximum atomic E-state index is 11.6. The van der Waals surface area contributed by atoms with E-state index in [1.165, 1.54) is 0 Å². The molecule has 0 aliphatic heterocycles. The molecule has 1 unspecified atom stereocenters. The third-order valence-electron chi connectivity index (χ3n) is 3.14.